The number of para-hydroxylation sites is 1. The maximum absolute atomic E-state index is 12.4. The van der Waals surface area contributed by atoms with Gasteiger partial charge in [0.25, 0.3) is 0 Å². The Hall–Kier alpha value is -3.68. The van der Waals surface area contributed by atoms with Crippen molar-refractivity contribution in [2.75, 3.05) is 13.2 Å². The predicted molar refractivity (Wildman–Crippen MR) is 154 cm³/mol. The van der Waals surface area contributed by atoms with Crippen molar-refractivity contribution in [3.05, 3.63) is 42.2 Å². The number of aliphatic imine (C=N–C) groups is 1. The van der Waals surface area contributed by atoms with E-state index in [1.165, 1.54) is 6.92 Å². The van der Waals surface area contributed by atoms with Crippen LogP contribution in [0.2, 0.25) is 0 Å². The lowest BCUT2D eigenvalue weighted by Gasteiger charge is -2.38. The van der Waals surface area contributed by atoms with Gasteiger partial charge in [-0.05, 0) is 31.1 Å². The number of nitrogens with zero attached hydrogens (tertiary/aromatic N) is 1. The van der Waals surface area contributed by atoms with Crippen LogP contribution in [0.15, 0.2) is 47.2 Å². The van der Waals surface area contributed by atoms with Gasteiger partial charge < -0.3 is 41.0 Å². The number of hydrogen-bond donors (Lipinski definition) is 7. The van der Waals surface area contributed by atoms with E-state index in [0.717, 1.165) is 56.8 Å². The van der Waals surface area contributed by atoms with Crippen molar-refractivity contribution in [1.29, 1.82) is 0 Å². The van der Waals surface area contributed by atoms with Gasteiger partial charge in [0.15, 0.2) is 5.96 Å². The van der Waals surface area contributed by atoms with E-state index in [-0.39, 0.29) is 18.3 Å². The average molecular weight is 593 g/mol. The third kappa shape index (κ3) is 12.5. The third-order valence-electron chi connectivity index (χ3n) is 6.67. The first kappa shape index (κ1) is 34.5. The summed E-state index contributed by atoms with van der Waals surface area (Å²) in [4.78, 5) is 39.9. The van der Waals surface area contributed by atoms with Crippen molar-refractivity contribution < 1.29 is 44.3 Å². The molecule has 234 valence electrons. The molecule has 0 aliphatic carbocycles. The highest BCUT2D eigenvalue weighted by molar-refractivity contribution is 5.96. The Morgan fingerprint density at radius 1 is 1.02 bits per heavy atom. The number of amides is 2. The number of ether oxygens (including phenoxy) is 2. The van der Waals surface area contributed by atoms with E-state index < -0.39 is 54.6 Å². The summed E-state index contributed by atoms with van der Waals surface area (Å²) >= 11 is 0. The van der Waals surface area contributed by atoms with Crippen LogP contribution < -0.4 is 21.1 Å². The second-order valence-electron chi connectivity index (χ2n) is 10.2. The molecule has 0 aromatic heterocycles. The molecule has 13 nitrogen and oxygen atoms in total. The summed E-state index contributed by atoms with van der Waals surface area (Å²) in [5, 5.41) is 43.9. The van der Waals surface area contributed by atoms with Gasteiger partial charge in [0, 0.05) is 13.3 Å². The van der Waals surface area contributed by atoms with Gasteiger partial charge in [-0.3, -0.25) is 14.9 Å². The van der Waals surface area contributed by atoms with Gasteiger partial charge in [-0.25, -0.2) is 9.79 Å². The molecule has 2 amide bonds. The lowest BCUT2D eigenvalue weighted by Crippen LogP contribution is -2.60. The molecule has 13 heteroatoms. The molecule has 1 aromatic carbocycles. The number of carboxylic acid groups (broad SMARTS) is 1. The normalized spacial score (nSPS) is 20.0. The third-order valence-corrected chi connectivity index (χ3v) is 6.67. The average Bonchev–Trinajstić information content (AvgIpc) is 2.95. The minimum absolute atomic E-state index is 0.218. The molecule has 0 spiro atoms. The van der Waals surface area contributed by atoms with Crippen LogP contribution in [0.3, 0.4) is 0 Å². The molecule has 0 fully saturated rings. The van der Waals surface area contributed by atoms with Crippen LogP contribution in [-0.4, -0.2) is 87.8 Å². The number of aliphatic hydroxyl groups excluding tert-OH is 3. The zero-order valence-corrected chi connectivity index (χ0v) is 24.0. The number of nitrogens with two attached hydrogens (primary N) is 1. The first-order chi connectivity index (χ1) is 20.1. The number of guanidine groups is 1. The van der Waals surface area contributed by atoms with Crippen LogP contribution in [0.25, 0.3) is 0 Å². The number of rotatable bonds is 18. The summed E-state index contributed by atoms with van der Waals surface area (Å²) in [6.07, 6.45) is 4.36. The van der Waals surface area contributed by atoms with Crippen molar-refractivity contribution in [3.8, 4) is 5.75 Å². The van der Waals surface area contributed by atoms with Crippen LogP contribution in [0.1, 0.15) is 64.7 Å². The maximum atomic E-state index is 12.4. The van der Waals surface area contributed by atoms with Crippen LogP contribution in [0.5, 0.6) is 5.75 Å². The summed E-state index contributed by atoms with van der Waals surface area (Å²) in [5.41, 5.74) is 5.91. The molecule has 1 aliphatic rings. The van der Waals surface area contributed by atoms with E-state index in [1.54, 1.807) is 0 Å². The Labute approximate surface area is 245 Å². The van der Waals surface area contributed by atoms with Crippen molar-refractivity contribution in [2.24, 2.45) is 10.7 Å². The SMILES string of the molecule is CC(=O)N[C@H]1[C@H]([C@H](O)[C@H](O)CO)OC(C(=O)O)=C[C@@H]1N=C(N)NC(=O)CCCCCCCCCCOc1ccccc1. The number of carbonyl (C=O) groups is 3. The summed E-state index contributed by atoms with van der Waals surface area (Å²) in [7, 11) is 0. The standard InChI is InChI=1S/C29H44N4O9/c1-19(35)31-25-21(17-23(28(39)40)42-27(25)26(38)22(36)18-34)32-29(30)33-24(37)15-11-6-4-2-3-5-7-12-16-41-20-13-9-8-10-14-20/h8-10,13-14,17,21-22,25-27,34,36,38H,2-7,11-12,15-16,18H2,1H3,(H,31,35)(H,39,40)(H3,30,32,33,37)/t21-,22+,25+,26+,27+/m0/s1. The predicted octanol–water partition coefficient (Wildman–Crippen LogP) is 0.962. The van der Waals surface area contributed by atoms with Gasteiger partial charge in [-0.2, -0.15) is 0 Å². The van der Waals surface area contributed by atoms with E-state index in [2.05, 4.69) is 15.6 Å². The van der Waals surface area contributed by atoms with E-state index >= 15 is 0 Å². The number of nitrogens with one attached hydrogen (secondary N) is 2. The molecule has 1 aromatic rings. The zero-order valence-electron chi connectivity index (χ0n) is 24.0. The summed E-state index contributed by atoms with van der Waals surface area (Å²) < 4.78 is 11.0. The summed E-state index contributed by atoms with van der Waals surface area (Å²) in [6, 6.07) is 7.43. The molecule has 8 N–H and O–H groups in total. The molecule has 0 radical (unpaired) electrons. The number of carboxylic acids is 1. The molecule has 0 saturated carbocycles. The molecule has 1 heterocycles. The van der Waals surface area contributed by atoms with Crippen molar-refractivity contribution in [2.45, 2.75) is 95.1 Å². The fourth-order valence-corrected chi connectivity index (χ4v) is 4.52. The quantitative estimate of drug-likeness (QED) is 0.0728. The maximum Gasteiger partial charge on any atom is 0.370 e. The minimum Gasteiger partial charge on any atom is -0.494 e. The fraction of sp³-hybridized carbons (Fsp3) is 0.586. The van der Waals surface area contributed by atoms with Crippen LogP contribution in [-0.2, 0) is 19.1 Å². The Kier molecular flexibility index (Phi) is 15.4. The second-order valence-corrected chi connectivity index (χ2v) is 10.2. The highest BCUT2D eigenvalue weighted by Crippen LogP contribution is 2.25. The highest BCUT2D eigenvalue weighted by Gasteiger charge is 2.43. The van der Waals surface area contributed by atoms with Gasteiger partial charge >= 0.3 is 5.97 Å². The van der Waals surface area contributed by atoms with Gasteiger partial charge in [-0.1, -0.05) is 56.7 Å². The van der Waals surface area contributed by atoms with Gasteiger partial charge in [0.05, 0.1) is 25.3 Å². The topological polar surface area (TPSA) is 213 Å². The van der Waals surface area contributed by atoms with Gasteiger partial charge in [-0.15, -0.1) is 0 Å². The second kappa shape index (κ2) is 18.7. The summed E-state index contributed by atoms with van der Waals surface area (Å²) in [5.74, 6) is -2.42. The first-order valence-electron chi connectivity index (χ1n) is 14.3. The van der Waals surface area contributed by atoms with Gasteiger partial charge in [0.1, 0.15) is 24.1 Å². The van der Waals surface area contributed by atoms with Crippen LogP contribution in [0.4, 0.5) is 0 Å². The number of aliphatic carboxylic acids is 1. The van der Waals surface area contributed by atoms with E-state index in [4.69, 9.17) is 15.2 Å². The van der Waals surface area contributed by atoms with Crippen molar-refractivity contribution >= 4 is 23.7 Å². The molecule has 42 heavy (non-hydrogen) atoms. The monoisotopic (exact) mass is 592 g/mol. The highest BCUT2D eigenvalue weighted by atomic mass is 16.5. The number of unbranched alkanes of at least 4 members (excludes halogenated alkanes) is 7. The van der Waals surface area contributed by atoms with E-state index in [1.807, 2.05) is 30.3 Å². The number of aliphatic hydroxyl groups is 3. The molecule has 0 bridgehead atoms. The fourth-order valence-electron chi connectivity index (χ4n) is 4.52. The Bertz CT molecular complexity index is 1050. The first-order valence-corrected chi connectivity index (χ1v) is 14.3. The molecule has 2 rings (SSSR count). The molecule has 1 aliphatic heterocycles. The van der Waals surface area contributed by atoms with Gasteiger partial charge in [0.2, 0.25) is 17.6 Å². The van der Waals surface area contributed by atoms with E-state index in [0.29, 0.717) is 13.0 Å². The van der Waals surface area contributed by atoms with E-state index in [9.17, 15) is 34.8 Å². The molecule has 5 atom stereocenters. The molecule has 0 saturated heterocycles. The van der Waals surface area contributed by atoms with Crippen LogP contribution in [0, 0.1) is 0 Å². The molecule has 0 unspecified atom stereocenters. The minimum atomic E-state index is -1.77. The number of benzene rings is 1. The smallest absolute Gasteiger partial charge is 0.370 e. The van der Waals surface area contributed by atoms with Crippen LogP contribution >= 0.6 is 0 Å². The van der Waals surface area contributed by atoms with Crippen molar-refractivity contribution in [3.63, 3.8) is 0 Å². The largest absolute Gasteiger partial charge is 0.494 e. The lowest BCUT2D eigenvalue weighted by molar-refractivity contribution is -0.145. The molecular formula is C29H44N4O9. The number of carbonyl (C=O) groups excluding carboxylic acids is 2. The Balaban J connectivity index is 1.76. The molecular weight excluding hydrogens is 548 g/mol. The lowest BCUT2D eigenvalue weighted by atomic mass is 9.92. The number of hydrogen-bond acceptors (Lipinski definition) is 9. The Morgan fingerprint density at radius 2 is 1.64 bits per heavy atom. The zero-order chi connectivity index (χ0) is 30.9. The Morgan fingerprint density at radius 3 is 2.24 bits per heavy atom. The summed E-state index contributed by atoms with van der Waals surface area (Å²) in [6.45, 7) is 1.06. The van der Waals surface area contributed by atoms with Crippen molar-refractivity contribution in [1.82, 2.24) is 10.6 Å².